The first-order valence-electron chi connectivity index (χ1n) is 8.16. The first-order chi connectivity index (χ1) is 17.0. The van der Waals surface area contributed by atoms with Crippen molar-refractivity contribution in [2.24, 2.45) is 0 Å². The molecular weight excluding hydrogens is 558 g/mol. The second kappa shape index (κ2) is 22.4. The number of hydrogen-bond acceptors (Lipinski definition) is 10. The third-order valence-electron chi connectivity index (χ3n) is 2.50. The van der Waals surface area contributed by atoms with E-state index in [1.54, 1.807) is 0 Å². The normalized spacial score (nSPS) is 7.13. The Morgan fingerprint density at radius 1 is 0.789 bits per heavy atom. The van der Waals surface area contributed by atoms with Crippen LogP contribution in [-0.4, -0.2) is 37.5 Å². The fourth-order valence-corrected chi connectivity index (χ4v) is 1.87. The molecule has 0 N–H and O–H groups in total. The molecule has 0 aliphatic rings. The predicted molar refractivity (Wildman–Crippen MR) is 119 cm³/mol. The molecule has 1 aromatic carbocycles. The second-order valence-electron chi connectivity index (χ2n) is 4.75. The van der Waals surface area contributed by atoms with Gasteiger partial charge in [-0.2, -0.15) is 6.07 Å². The summed E-state index contributed by atoms with van der Waals surface area (Å²) in [7, 11) is -8.05. The van der Waals surface area contributed by atoms with Crippen molar-refractivity contribution < 1.29 is 104 Å². The number of hydrogen-bond donors (Lipinski definition) is 0. The average molecular weight is 562 g/mol. The zero-order valence-corrected chi connectivity index (χ0v) is 24.8. The van der Waals surface area contributed by atoms with Gasteiger partial charge in [0, 0.05) is 11.8 Å². The van der Waals surface area contributed by atoms with Crippen LogP contribution < -0.4 is 68.6 Å². The number of ether oxygens (including phenoxy) is 2. The molecule has 0 saturated heterocycles. The third kappa shape index (κ3) is 20.4. The minimum atomic E-state index is -4.94. The van der Waals surface area contributed by atoms with E-state index in [9.17, 15) is 22.6 Å². The van der Waals surface area contributed by atoms with Crippen molar-refractivity contribution in [1.82, 2.24) is 0 Å². The number of esters is 2. The molecule has 0 bridgehead atoms. The van der Waals surface area contributed by atoms with Gasteiger partial charge >= 0.3 is 81.7 Å². The molecule has 0 radical (unpaired) electrons. The molecule has 1 rings (SSSR count). The van der Waals surface area contributed by atoms with Crippen molar-refractivity contribution in [2.45, 2.75) is 4.90 Å². The number of terminal acetylenes is 2. The molecule has 1 aromatic rings. The largest absolute Gasteiger partial charge is 1.00 e. The fourth-order valence-electron chi connectivity index (χ4n) is 1.41. The number of benzene rings is 1. The standard InChI is InChI=1S/C24H5O7S.2Na.O3S/c1-3-5-7-9-11-13-15-23(25)30-21-18-17-20(32(27,28)29)19-22(21)31-24(26)16-14-12-10-8-6-4-2;;;1-4(2)3/h1-2,17,19H,(H,27,28,29);;;/q-1;2*+1;/p-1. The summed E-state index contributed by atoms with van der Waals surface area (Å²) >= 11 is 0. The van der Waals surface area contributed by atoms with Crippen molar-refractivity contribution in [3.8, 4) is 107 Å². The molecular formula is C24H4Na2O10S2. The Bertz CT molecular complexity index is 1750. The third-order valence-corrected chi connectivity index (χ3v) is 3.32. The zero-order valence-electron chi connectivity index (χ0n) is 19.2. The fraction of sp³-hybridized carbons (Fsp3) is 0. The van der Waals surface area contributed by atoms with Crippen LogP contribution in [0, 0.1) is 102 Å². The van der Waals surface area contributed by atoms with E-state index in [0.717, 1.165) is 0 Å². The summed E-state index contributed by atoms with van der Waals surface area (Å²) in [6, 6.07) is 3.56. The number of rotatable bonds is 3. The molecule has 0 aromatic heterocycles. The van der Waals surface area contributed by atoms with Crippen molar-refractivity contribution in [1.29, 1.82) is 0 Å². The summed E-state index contributed by atoms with van der Waals surface area (Å²) in [4.78, 5) is 22.8. The van der Waals surface area contributed by atoms with E-state index in [2.05, 4.69) is 65.3 Å². The molecule has 0 aliphatic heterocycles. The van der Waals surface area contributed by atoms with Crippen LogP contribution in [-0.2, 0) is 30.3 Å². The number of carbonyl (C=O) groups is 2. The van der Waals surface area contributed by atoms with E-state index in [1.165, 1.54) is 0 Å². The van der Waals surface area contributed by atoms with Gasteiger partial charge in [0.15, 0.2) is 0 Å². The van der Waals surface area contributed by atoms with E-state index in [-0.39, 0.29) is 59.1 Å². The Morgan fingerprint density at radius 2 is 1.18 bits per heavy atom. The summed E-state index contributed by atoms with van der Waals surface area (Å²) in [5.74, 6) is 26.4. The van der Waals surface area contributed by atoms with Crippen molar-refractivity contribution in [3.63, 3.8) is 0 Å². The molecule has 14 heteroatoms. The maximum absolute atomic E-state index is 11.8. The van der Waals surface area contributed by atoms with Gasteiger partial charge in [0.2, 0.25) is 0 Å². The molecule has 0 fully saturated rings. The van der Waals surface area contributed by atoms with Gasteiger partial charge in [0.05, 0.1) is 21.6 Å². The Hall–Kier alpha value is -3.83. The van der Waals surface area contributed by atoms with Gasteiger partial charge in [0.25, 0.3) is 0 Å². The minimum absolute atomic E-state index is 0. The minimum Gasteiger partial charge on any atom is -0.754 e. The van der Waals surface area contributed by atoms with Crippen molar-refractivity contribution in [2.75, 3.05) is 0 Å². The predicted octanol–water partition coefficient (Wildman–Crippen LogP) is -7.51. The molecule has 0 unspecified atom stereocenters. The van der Waals surface area contributed by atoms with Gasteiger partial charge in [-0.25, -0.2) is 9.59 Å². The Balaban J connectivity index is -0.00000190. The van der Waals surface area contributed by atoms with Crippen LogP contribution in [0.25, 0.3) is 0 Å². The van der Waals surface area contributed by atoms with Crippen LogP contribution in [0.4, 0.5) is 0 Å². The van der Waals surface area contributed by atoms with Crippen LogP contribution >= 0.6 is 0 Å². The van der Waals surface area contributed by atoms with E-state index >= 15 is 0 Å². The summed E-state index contributed by atoms with van der Waals surface area (Å²) in [5, 5.41) is 0. The van der Waals surface area contributed by atoms with E-state index in [4.69, 9.17) is 34.9 Å². The zero-order chi connectivity index (χ0) is 27.4. The maximum atomic E-state index is 11.8. The molecule has 0 saturated carbocycles. The van der Waals surface area contributed by atoms with Crippen molar-refractivity contribution in [3.05, 3.63) is 18.2 Å². The van der Waals surface area contributed by atoms with Gasteiger partial charge in [-0.1, -0.05) is 0 Å². The molecule has 0 heterocycles. The topological polar surface area (TPSA) is 161 Å². The van der Waals surface area contributed by atoms with Crippen LogP contribution in [0.3, 0.4) is 0 Å². The van der Waals surface area contributed by atoms with Crippen LogP contribution in [0.15, 0.2) is 17.0 Å². The molecule has 38 heavy (non-hydrogen) atoms. The molecule has 10 nitrogen and oxygen atoms in total. The first kappa shape index (κ1) is 38.7. The monoisotopic (exact) mass is 562 g/mol. The van der Waals surface area contributed by atoms with Gasteiger partial charge in [-0.15, -0.1) is 37.6 Å². The van der Waals surface area contributed by atoms with Crippen LogP contribution in [0.5, 0.6) is 11.5 Å². The molecule has 0 atom stereocenters. The smallest absolute Gasteiger partial charge is 0.754 e. The van der Waals surface area contributed by atoms with E-state index in [0.29, 0.717) is 12.1 Å². The molecule has 0 aliphatic carbocycles. The molecule has 174 valence electrons. The molecule has 0 spiro atoms. The van der Waals surface area contributed by atoms with Crippen molar-refractivity contribution >= 4 is 32.7 Å². The average Bonchev–Trinajstić information content (AvgIpc) is 2.78. The molecule has 0 amide bonds. The van der Waals surface area contributed by atoms with Gasteiger partial charge in [-0.05, 0) is 75.9 Å². The first-order valence-corrected chi connectivity index (χ1v) is 10.6. The quantitative estimate of drug-likeness (QED) is 0.0659. The Morgan fingerprint density at radius 3 is 1.61 bits per heavy atom. The number of carbonyl (C=O) groups excluding carboxylic acids is 2. The Labute approximate surface area is 264 Å². The summed E-state index contributed by atoms with van der Waals surface area (Å²) in [6.07, 6.45) is 9.78. The van der Waals surface area contributed by atoms with Crippen LogP contribution in [0.1, 0.15) is 0 Å². The summed E-state index contributed by atoms with van der Waals surface area (Å²) in [5.41, 5.74) is 0. The van der Waals surface area contributed by atoms with E-state index < -0.39 is 49.1 Å². The Kier molecular flexibility index (Phi) is 22.8. The van der Waals surface area contributed by atoms with Gasteiger partial charge in [-0.3, -0.25) is 8.42 Å². The van der Waals surface area contributed by atoms with Gasteiger partial charge in [0.1, 0.15) is 0 Å². The van der Waals surface area contributed by atoms with Gasteiger partial charge < -0.3 is 14.0 Å². The SMILES string of the molecule is C#CC#CC#CC#CC(=O)Oc1[c-]cc(S(=O)(=O)[O-])cc1OC(=O)C#CC#CC#CC#C.O=S(=O)=O.[Na+].[Na+]. The maximum Gasteiger partial charge on any atom is 1.00 e. The van der Waals surface area contributed by atoms with E-state index in [1.807, 2.05) is 23.7 Å². The van der Waals surface area contributed by atoms with Crippen LogP contribution in [0.2, 0.25) is 0 Å². The summed E-state index contributed by atoms with van der Waals surface area (Å²) in [6.45, 7) is 0. The summed E-state index contributed by atoms with van der Waals surface area (Å²) < 4.78 is 68.5. The second-order valence-corrected chi connectivity index (χ2v) is 6.54.